The van der Waals surface area contributed by atoms with E-state index in [0.29, 0.717) is 6.04 Å². The fourth-order valence-corrected chi connectivity index (χ4v) is 3.35. The van der Waals surface area contributed by atoms with Gasteiger partial charge in [-0.05, 0) is 49.3 Å². The number of rotatable bonds is 5. The molecule has 0 saturated carbocycles. The molecule has 128 valence electrons. The van der Waals surface area contributed by atoms with Crippen molar-refractivity contribution in [2.45, 2.75) is 46.6 Å². The maximum atomic E-state index is 3.47. The lowest BCUT2D eigenvalue weighted by atomic mass is 9.90. The molecule has 0 aliphatic carbocycles. The summed E-state index contributed by atoms with van der Waals surface area (Å²) >= 11 is 0. The lowest BCUT2D eigenvalue weighted by Gasteiger charge is -2.37. The Balaban J connectivity index is 0.00000220. The minimum atomic E-state index is 0. The van der Waals surface area contributed by atoms with Crippen LogP contribution in [0.1, 0.15) is 49.4 Å². The summed E-state index contributed by atoms with van der Waals surface area (Å²) in [6, 6.07) is 7.33. The van der Waals surface area contributed by atoms with Crippen molar-refractivity contribution in [3.63, 3.8) is 0 Å². The predicted molar refractivity (Wildman–Crippen MR) is 102 cm³/mol. The molecular formula is C18H32Cl2N2. The number of hydrogen-bond donors (Lipinski definition) is 1. The number of nitrogens with zero attached hydrogens (tertiary/aromatic N) is 1. The van der Waals surface area contributed by atoms with E-state index in [4.69, 9.17) is 0 Å². The van der Waals surface area contributed by atoms with Crippen LogP contribution in [0.2, 0.25) is 0 Å². The first kappa shape index (κ1) is 21.7. The Hall–Kier alpha value is -0.280. The molecule has 22 heavy (non-hydrogen) atoms. The Morgan fingerprint density at radius 2 is 1.55 bits per heavy atom. The second-order valence-corrected chi connectivity index (χ2v) is 6.58. The molecule has 0 aromatic heterocycles. The first-order chi connectivity index (χ1) is 9.59. The van der Waals surface area contributed by atoms with Crippen molar-refractivity contribution in [3.8, 4) is 0 Å². The first-order valence-corrected chi connectivity index (χ1v) is 8.10. The summed E-state index contributed by atoms with van der Waals surface area (Å²) in [5.41, 5.74) is 4.49. The highest BCUT2D eigenvalue weighted by Gasteiger charge is 2.24. The third kappa shape index (κ3) is 5.73. The van der Waals surface area contributed by atoms with Crippen LogP contribution in [0, 0.1) is 19.8 Å². The van der Waals surface area contributed by atoms with Gasteiger partial charge in [-0.25, -0.2) is 0 Å². The summed E-state index contributed by atoms with van der Waals surface area (Å²) in [6.07, 6.45) is 2.59. The quantitative estimate of drug-likeness (QED) is 0.842. The average molecular weight is 347 g/mol. The van der Waals surface area contributed by atoms with Crippen molar-refractivity contribution in [2.24, 2.45) is 5.92 Å². The molecule has 1 saturated heterocycles. The third-order valence-electron chi connectivity index (χ3n) is 4.49. The number of piperazine rings is 1. The molecular weight excluding hydrogens is 315 g/mol. The summed E-state index contributed by atoms with van der Waals surface area (Å²) < 4.78 is 0. The van der Waals surface area contributed by atoms with Gasteiger partial charge in [-0.1, -0.05) is 32.0 Å². The number of nitrogens with one attached hydrogen (secondary N) is 1. The molecule has 1 aromatic rings. The van der Waals surface area contributed by atoms with E-state index >= 15 is 0 Å². The van der Waals surface area contributed by atoms with Crippen LogP contribution >= 0.6 is 24.8 Å². The van der Waals surface area contributed by atoms with Gasteiger partial charge in [0.2, 0.25) is 0 Å². The van der Waals surface area contributed by atoms with E-state index < -0.39 is 0 Å². The normalized spacial score (nSPS) is 16.8. The molecule has 1 N–H and O–H groups in total. The van der Waals surface area contributed by atoms with Crippen LogP contribution < -0.4 is 5.32 Å². The Bertz CT molecular complexity index is 409. The molecule has 0 radical (unpaired) electrons. The molecule has 1 aromatic carbocycles. The van der Waals surface area contributed by atoms with Gasteiger partial charge in [0.1, 0.15) is 0 Å². The standard InChI is InChI=1S/C18H30N2.2ClH/c1-14(2)8-9-17(20-12-10-19-11-13-20)18-15(3)6-5-7-16(18)4;;/h5-7,14,17,19H,8-13H2,1-4H3;2*1H/t17-;;/m0../s1. The smallest absolute Gasteiger partial charge is 0.0354 e. The Kier molecular flexibility index (Phi) is 10.4. The van der Waals surface area contributed by atoms with Crippen molar-refractivity contribution in [1.82, 2.24) is 10.2 Å². The van der Waals surface area contributed by atoms with Crippen molar-refractivity contribution in [3.05, 3.63) is 34.9 Å². The van der Waals surface area contributed by atoms with Gasteiger partial charge in [0, 0.05) is 32.2 Å². The van der Waals surface area contributed by atoms with E-state index in [0.717, 1.165) is 19.0 Å². The first-order valence-electron chi connectivity index (χ1n) is 8.10. The lowest BCUT2D eigenvalue weighted by molar-refractivity contribution is 0.159. The van der Waals surface area contributed by atoms with Gasteiger partial charge >= 0.3 is 0 Å². The fraction of sp³-hybridized carbons (Fsp3) is 0.667. The van der Waals surface area contributed by atoms with Crippen LogP contribution in [-0.4, -0.2) is 31.1 Å². The molecule has 1 aliphatic rings. The number of benzene rings is 1. The second kappa shape index (κ2) is 10.5. The highest BCUT2D eigenvalue weighted by Crippen LogP contribution is 2.32. The summed E-state index contributed by atoms with van der Waals surface area (Å²) in [6.45, 7) is 13.8. The zero-order valence-electron chi connectivity index (χ0n) is 14.4. The topological polar surface area (TPSA) is 15.3 Å². The SMILES string of the molecule is Cc1cccc(C)c1[C@H](CCC(C)C)N1CCNCC1.Cl.Cl. The molecule has 1 heterocycles. The van der Waals surface area contributed by atoms with Crippen LogP contribution in [0.15, 0.2) is 18.2 Å². The molecule has 0 amide bonds. The zero-order valence-corrected chi connectivity index (χ0v) is 16.0. The van der Waals surface area contributed by atoms with Crippen molar-refractivity contribution < 1.29 is 0 Å². The second-order valence-electron chi connectivity index (χ2n) is 6.58. The molecule has 1 aliphatic heterocycles. The molecule has 1 fully saturated rings. The maximum Gasteiger partial charge on any atom is 0.0354 e. The fourth-order valence-electron chi connectivity index (χ4n) is 3.35. The van der Waals surface area contributed by atoms with Gasteiger partial charge in [0.15, 0.2) is 0 Å². The Labute approximate surface area is 148 Å². The van der Waals surface area contributed by atoms with Gasteiger partial charge in [0.25, 0.3) is 0 Å². The van der Waals surface area contributed by atoms with E-state index in [1.807, 2.05) is 0 Å². The summed E-state index contributed by atoms with van der Waals surface area (Å²) in [5.74, 6) is 0.782. The van der Waals surface area contributed by atoms with E-state index in [2.05, 4.69) is 56.1 Å². The molecule has 0 bridgehead atoms. The van der Waals surface area contributed by atoms with Crippen LogP contribution in [0.4, 0.5) is 0 Å². The lowest BCUT2D eigenvalue weighted by Crippen LogP contribution is -2.45. The van der Waals surface area contributed by atoms with Crippen LogP contribution in [-0.2, 0) is 0 Å². The number of hydrogen-bond acceptors (Lipinski definition) is 2. The van der Waals surface area contributed by atoms with Crippen LogP contribution in [0.3, 0.4) is 0 Å². The largest absolute Gasteiger partial charge is 0.314 e. The van der Waals surface area contributed by atoms with Gasteiger partial charge in [-0.15, -0.1) is 24.8 Å². The van der Waals surface area contributed by atoms with Gasteiger partial charge < -0.3 is 5.32 Å². The molecule has 0 spiro atoms. The molecule has 4 heteroatoms. The monoisotopic (exact) mass is 346 g/mol. The average Bonchev–Trinajstić information content (AvgIpc) is 2.42. The number of aryl methyl sites for hydroxylation is 2. The molecule has 2 rings (SSSR count). The number of halogens is 2. The van der Waals surface area contributed by atoms with E-state index in [9.17, 15) is 0 Å². The summed E-state index contributed by atoms with van der Waals surface area (Å²) in [5, 5.41) is 3.47. The summed E-state index contributed by atoms with van der Waals surface area (Å²) in [7, 11) is 0. The Morgan fingerprint density at radius 1 is 1.00 bits per heavy atom. The predicted octanol–water partition coefficient (Wildman–Crippen LogP) is 4.53. The minimum Gasteiger partial charge on any atom is -0.314 e. The molecule has 0 unspecified atom stereocenters. The van der Waals surface area contributed by atoms with Crippen molar-refractivity contribution in [1.29, 1.82) is 0 Å². The van der Waals surface area contributed by atoms with Gasteiger partial charge in [0.05, 0.1) is 0 Å². The van der Waals surface area contributed by atoms with Crippen LogP contribution in [0.25, 0.3) is 0 Å². The van der Waals surface area contributed by atoms with E-state index in [1.54, 1.807) is 5.56 Å². The van der Waals surface area contributed by atoms with E-state index in [-0.39, 0.29) is 24.8 Å². The van der Waals surface area contributed by atoms with E-state index in [1.165, 1.54) is 37.1 Å². The zero-order chi connectivity index (χ0) is 14.5. The highest BCUT2D eigenvalue weighted by atomic mass is 35.5. The van der Waals surface area contributed by atoms with Crippen LogP contribution in [0.5, 0.6) is 0 Å². The minimum absolute atomic E-state index is 0. The molecule has 2 nitrogen and oxygen atoms in total. The van der Waals surface area contributed by atoms with Crippen molar-refractivity contribution >= 4 is 24.8 Å². The maximum absolute atomic E-state index is 3.47. The van der Waals surface area contributed by atoms with Gasteiger partial charge in [-0.3, -0.25) is 4.90 Å². The Morgan fingerprint density at radius 3 is 2.05 bits per heavy atom. The molecule has 1 atom stereocenters. The highest BCUT2D eigenvalue weighted by molar-refractivity contribution is 5.85. The summed E-state index contributed by atoms with van der Waals surface area (Å²) in [4.78, 5) is 2.69. The van der Waals surface area contributed by atoms with Crippen molar-refractivity contribution in [2.75, 3.05) is 26.2 Å². The van der Waals surface area contributed by atoms with Gasteiger partial charge in [-0.2, -0.15) is 0 Å². The third-order valence-corrected chi connectivity index (χ3v) is 4.49.